The van der Waals surface area contributed by atoms with Crippen LogP contribution in [-0.4, -0.2) is 5.78 Å². The van der Waals surface area contributed by atoms with Crippen LogP contribution in [0.4, 0.5) is 8.78 Å². The Morgan fingerprint density at radius 1 is 1.24 bits per heavy atom. The van der Waals surface area contributed by atoms with Crippen LogP contribution < -0.4 is 0 Å². The van der Waals surface area contributed by atoms with Gasteiger partial charge in [0.15, 0.2) is 0 Å². The lowest BCUT2D eigenvalue weighted by Gasteiger charge is -2.30. The van der Waals surface area contributed by atoms with Gasteiger partial charge in [-0.2, -0.15) is 0 Å². The van der Waals surface area contributed by atoms with Crippen LogP contribution in [0, 0.1) is 29.4 Å². The Hall–Kier alpha value is -0.770. The van der Waals surface area contributed by atoms with Gasteiger partial charge in [-0.3, -0.25) is 4.79 Å². The lowest BCUT2D eigenvalue weighted by atomic mass is 9.75. The van der Waals surface area contributed by atoms with Crippen molar-refractivity contribution in [3.8, 4) is 0 Å². The molecule has 0 heterocycles. The van der Waals surface area contributed by atoms with Crippen LogP contribution in [0.15, 0.2) is 16.6 Å². The van der Waals surface area contributed by atoms with Gasteiger partial charge in [0.1, 0.15) is 17.4 Å². The molecule has 0 aliphatic heterocycles. The third-order valence-electron chi connectivity index (χ3n) is 4.66. The topological polar surface area (TPSA) is 17.1 Å². The van der Waals surface area contributed by atoms with E-state index in [4.69, 9.17) is 0 Å². The molecule has 1 aromatic rings. The number of halogens is 3. The largest absolute Gasteiger partial charge is 0.299 e. The van der Waals surface area contributed by atoms with Gasteiger partial charge < -0.3 is 0 Å². The number of Topliss-reactive ketones (excluding diaryl/α,β-unsaturated/α-hetero) is 1. The molecule has 0 unspecified atom stereocenters. The SMILES string of the molecule is CC(C)C1CCC(C(=O)Cc2c(F)ccc(Br)c2F)CC1. The van der Waals surface area contributed by atoms with Crippen molar-refractivity contribution >= 4 is 21.7 Å². The number of carbonyl (C=O) groups is 1. The zero-order valence-electron chi connectivity index (χ0n) is 12.5. The van der Waals surface area contributed by atoms with E-state index in [-0.39, 0.29) is 28.2 Å². The monoisotopic (exact) mass is 358 g/mol. The van der Waals surface area contributed by atoms with Gasteiger partial charge in [0.2, 0.25) is 0 Å². The maximum atomic E-state index is 13.9. The third-order valence-corrected chi connectivity index (χ3v) is 5.27. The van der Waals surface area contributed by atoms with E-state index in [9.17, 15) is 13.6 Å². The number of rotatable bonds is 4. The first-order valence-corrected chi connectivity index (χ1v) is 8.34. The highest BCUT2D eigenvalue weighted by Crippen LogP contribution is 2.34. The molecule has 0 bridgehead atoms. The molecule has 2 rings (SSSR count). The van der Waals surface area contributed by atoms with Gasteiger partial charge in [0, 0.05) is 17.9 Å². The lowest BCUT2D eigenvalue weighted by Crippen LogP contribution is -2.25. The minimum atomic E-state index is -0.654. The minimum absolute atomic E-state index is 0.0342. The summed E-state index contributed by atoms with van der Waals surface area (Å²) in [5.74, 6) is -0.0561. The zero-order valence-corrected chi connectivity index (χ0v) is 14.1. The normalized spacial score (nSPS) is 22.6. The lowest BCUT2D eigenvalue weighted by molar-refractivity contribution is -0.123. The quantitative estimate of drug-likeness (QED) is 0.667. The summed E-state index contributed by atoms with van der Waals surface area (Å²) in [5, 5.41) is 0. The highest BCUT2D eigenvalue weighted by molar-refractivity contribution is 9.10. The molecule has 4 heteroatoms. The van der Waals surface area contributed by atoms with Crippen molar-refractivity contribution < 1.29 is 13.6 Å². The summed E-state index contributed by atoms with van der Waals surface area (Å²) in [5.41, 5.74) is -0.111. The smallest absolute Gasteiger partial charge is 0.143 e. The van der Waals surface area contributed by atoms with Crippen LogP contribution in [0.5, 0.6) is 0 Å². The second-order valence-corrected chi connectivity index (χ2v) is 7.17. The summed E-state index contributed by atoms with van der Waals surface area (Å²) < 4.78 is 27.8. The Balaban J connectivity index is 2.02. The first-order chi connectivity index (χ1) is 9.90. The summed E-state index contributed by atoms with van der Waals surface area (Å²) in [6, 6.07) is 2.53. The molecule has 0 N–H and O–H groups in total. The molecule has 21 heavy (non-hydrogen) atoms. The summed E-state index contributed by atoms with van der Waals surface area (Å²) in [6.45, 7) is 4.41. The first-order valence-electron chi connectivity index (χ1n) is 7.55. The van der Waals surface area contributed by atoms with Crippen molar-refractivity contribution in [1.29, 1.82) is 0 Å². The third kappa shape index (κ3) is 3.91. The molecule has 1 saturated carbocycles. The molecule has 1 aliphatic rings. The van der Waals surface area contributed by atoms with Crippen molar-refractivity contribution in [3.63, 3.8) is 0 Å². The highest BCUT2D eigenvalue weighted by atomic mass is 79.9. The summed E-state index contributed by atoms with van der Waals surface area (Å²) in [7, 11) is 0. The average molecular weight is 359 g/mol. The predicted molar refractivity (Wildman–Crippen MR) is 83.1 cm³/mol. The highest BCUT2D eigenvalue weighted by Gasteiger charge is 2.28. The van der Waals surface area contributed by atoms with Crippen LogP contribution in [-0.2, 0) is 11.2 Å². The van der Waals surface area contributed by atoms with Gasteiger partial charge >= 0.3 is 0 Å². The predicted octanol–water partition coefficient (Wildman–Crippen LogP) is 5.30. The van der Waals surface area contributed by atoms with E-state index in [0.29, 0.717) is 11.8 Å². The molecule has 0 aromatic heterocycles. The Labute approximate surface area is 133 Å². The Bertz CT molecular complexity index is 520. The van der Waals surface area contributed by atoms with Gasteiger partial charge in [-0.05, 0) is 65.6 Å². The van der Waals surface area contributed by atoms with Crippen molar-refractivity contribution in [1.82, 2.24) is 0 Å². The molecule has 0 spiro atoms. The maximum Gasteiger partial charge on any atom is 0.143 e. The zero-order chi connectivity index (χ0) is 15.6. The van der Waals surface area contributed by atoms with Gasteiger partial charge in [-0.25, -0.2) is 8.78 Å². The minimum Gasteiger partial charge on any atom is -0.299 e. The summed E-state index contributed by atoms with van der Waals surface area (Å²) in [6.07, 6.45) is 3.63. The number of ketones is 1. The van der Waals surface area contributed by atoms with Crippen molar-refractivity contribution in [2.45, 2.75) is 46.0 Å². The van der Waals surface area contributed by atoms with E-state index in [1.165, 1.54) is 12.1 Å². The fourth-order valence-corrected chi connectivity index (χ4v) is 3.53. The van der Waals surface area contributed by atoms with Crippen molar-refractivity contribution in [2.24, 2.45) is 17.8 Å². The summed E-state index contributed by atoms with van der Waals surface area (Å²) in [4.78, 5) is 12.3. The van der Waals surface area contributed by atoms with Crippen LogP contribution in [0.2, 0.25) is 0 Å². The van der Waals surface area contributed by atoms with E-state index in [1.54, 1.807) is 0 Å². The Kier molecular flexibility index (Phi) is 5.53. The second kappa shape index (κ2) is 6.99. The molecule has 0 atom stereocenters. The van der Waals surface area contributed by atoms with E-state index in [0.717, 1.165) is 25.7 Å². The standard InChI is InChI=1S/C17H21BrF2O/c1-10(2)11-3-5-12(6-4-11)16(21)9-13-15(19)8-7-14(18)17(13)20/h7-8,10-12H,3-6,9H2,1-2H3. The number of carbonyl (C=O) groups excluding carboxylic acids is 1. The molecule has 1 nitrogen and oxygen atoms in total. The van der Waals surface area contributed by atoms with Crippen LogP contribution in [0.3, 0.4) is 0 Å². The van der Waals surface area contributed by atoms with Gasteiger partial charge in [0.25, 0.3) is 0 Å². The fraction of sp³-hybridized carbons (Fsp3) is 0.588. The Morgan fingerprint density at radius 3 is 2.43 bits per heavy atom. The number of benzene rings is 1. The van der Waals surface area contributed by atoms with E-state index in [1.807, 2.05) is 0 Å². The molecule has 1 aliphatic carbocycles. The van der Waals surface area contributed by atoms with Crippen molar-refractivity contribution in [2.75, 3.05) is 0 Å². The molecule has 116 valence electrons. The van der Waals surface area contributed by atoms with Gasteiger partial charge in [-0.1, -0.05) is 13.8 Å². The van der Waals surface area contributed by atoms with Crippen molar-refractivity contribution in [3.05, 3.63) is 33.8 Å². The van der Waals surface area contributed by atoms with Gasteiger partial charge in [-0.15, -0.1) is 0 Å². The molecular weight excluding hydrogens is 338 g/mol. The molecule has 1 aromatic carbocycles. The molecule has 0 radical (unpaired) electrons. The molecular formula is C17H21BrF2O. The number of hydrogen-bond donors (Lipinski definition) is 0. The van der Waals surface area contributed by atoms with E-state index >= 15 is 0 Å². The van der Waals surface area contributed by atoms with E-state index < -0.39 is 11.6 Å². The second-order valence-electron chi connectivity index (χ2n) is 6.32. The van der Waals surface area contributed by atoms with Crippen LogP contribution in [0.25, 0.3) is 0 Å². The maximum absolute atomic E-state index is 13.9. The Morgan fingerprint density at radius 2 is 1.86 bits per heavy atom. The molecule has 0 saturated heterocycles. The summed E-state index contributed by atoms with van der Waals surface area (Å²) >= 11 is 3.04. The average Bonchev–Trinajstić information content (AvgIpc) is 2.47. The first kappa shape index (κ1) is 16.6. The van der Waals surface area contributed by atoms with Gasteiger partial charge in [0.05, 0.1) is 4.47 Å². The number of hydrogen-bond acceptors (Lipinski definition) is 1. The van der Waals surface area contributed by atoms with Crippen LogP contribution >= 0.6 is 15.9 Å². The fourth-order valence-electron chi connectivity index (χ4n) is 3.16. The van der Waals surface area contributed by atoms with Crippen LogP contribution in [0.1, 0.15) is 45.1 Å². The molecule has 0 amide bonds. The van der Waals surface area contributed by atoms with E-state index in [2.05, 4.69) is 29.8 Å². The molecule has 1 fully saturated rings.